The van der Waals surface area contributed by atoms with E-state index < -0.39 is 0 Å². The van der Waals surface area contributed by atoms with Gasteiger partial charge in [-0.05, 0) is 69.4 Å². The number of hydrogen-bond donors (Lipinski definition) is 2. The van der Waals surface area contributed by atoms with Crippen LogP contribution in [0.5, 0.6) is 0 Å². The monoisotopic (exact) mass is 208 g/mol. The topological polar surface area (TPSA) is 24.1 Å². The number of hydrogen-bond acceptors (Lipinski definition) is 2. The molecule has 2 heteroatoms. The lowest BCUT2D eigenvalue weighted by Crippen LogP contribution is -2.28. The minimum absolute atomic E-state index is 0.782. The Morgan fingerprint density at radius 3 is 2.40 bits per heavy atom. The minimum Gasteiger partial charge on any atom is -0.316 e. The molecule has 0 aromatic heterocycles. The van der Waals surface area contributed by atoms with Crippen molar-refractivity contribution >= 4 is 0 Å². The summed E-state index contributed by atoms with van der Waals surface area (Å²) in [5.41, 5.74) is 0.782. The Labute approximate surface area is 93.2 Å². The summed E-state index contributed by atoms with van der Waals surface area (Å²) >= 11 is 0. The fourth-order valence-corrected chi connectivity index (χ4v) is 2.73. The van der Waals surface area contributed by atoms with Crippen molar-refractivity contribution in [1.82, 2.24) is 10.6 Å². The Bertz CT molecular complexity index is 215. The quantitative estimate of drug-likeness (QED) is 0.595. The molecule has 0 aromatic carbocycles. The van der Waals surface area contributed by atoms with Gasteiger partial charge >= 0.3 is 0 Å². The van der Waals surface area contributed by atoms with E-state index in [-0.39, 0.29) is 0 Å². The predicted molar refractivity (Wildman–Crippen MR) is 62.9 cm³/mol. The highest BCUT2D eigenvalue weighted by atomic mass is 15.0. The molecule has 2 N–H and O–H groups in total. The normalized spacial score (nSPS) is 28.0. The van der Waals surface area contributed by atoms with Crippen molar-refractivity contribution in [3.63, 3.8) is 0 Å². The SMILES string of the molecule is C(CNCC1(C2CC2)CC1)CNC1CC1. The summed E-state index contributed by atoms with van der Waals surface area (Å²) in [6.07, 6.45) is 10.2. The van der Waals surface area contributed by atoms with Crippen molar-refractivity contribution in [2.45, 2.75) is 51.0 Å². The zero-order chi connectivity index (χ0) is 10.1. The van der Waals surface area contributed by atoms with Crippen LogP contribution in [0, 0.1) is 11.3 Å². The zero-order valence-electron chi connectivity index (χ0n) is 9.73. The van der Waals surface area contributed by atoms with E-state index in [0.717, 1.165) is 17.4 Å². The molecule has 0 aromatic rings. The van der Waals surface area contributed by atoms with Gasteiger partial charge in [0.25, 0.3) is 0 Å². The van der Waals surface area contributed by atoms with E-state index in [9.17, 15) is 0 Å². The molecule has 0 saturated heterocycles. The maximum absolute atomic E-state index is 3.66. The van der Waals surface area contributed by atoms with Crippen LogP contribution in [0.1, 0.15) is 44.9 Å². The molecule has 3 rings (SSSR count). The van der Waals surface area contributed by atoms with Crippen LogP contribution in [0.25, 0.3) is 0 Å². The lowest BCUT2D eigenvalue weighted by Gasteiger charge is -2.14. The Balaban J connectivity index is 1.21. The summed E-state index contributed by atoms with van der Waals surface area (Å²) in [5, 5.41) is 7.23. The van der Waals surface area contributed by atoms with Gasteiger partial charge in [0.15, 0.2) is 0 Å². The van der Waals surface area contributed by atoms with Crippen LogP contribution in [0.4, 0.5) is 0 Å². The third-order valence-corrected chi connectivity index (χ3v) is 4.35. The molecule has 2 nitrogen and oxygen atoms in total. The van der Waals surface area contributed by atoms with E-state index in [1.54, 1.807) is 0 Å². The Kier molecular flexibility index (Phi) is 2.73. The molecule has 0 unspecified atom stereocenters. The van der Waals surface area contributed by atoms with Gasteiger partial charge in [-0.1, -0.05) is 0 Å². The van der Waals surface area contributed by atoms with Gasteiger partial charge in [-0.2, -0.15) is 0 Å². The lowest BCUT2D eigenvalue weighted by molar-refractivity contribution is 0.401. The molecule has 3 saturated carbocycles. The molecule has 0 atom stereocenters. The molecular formula is C13H24N2. The summed E-state index contributed by atoms with van der Waals surface area (Å²) in [7, 11) is 0. The molecule has 3 aliphatic carbocycles. The standard InChI is InChI=1S/C13H24N2/c1(9-15-12-4-5-12)8-14-10-13(6-7-13)11-2-3-11/h11-12,14-15H,1-10H2. The Hall–Kier alpha value is -0.0800. The van der Waals surface area contributed by atoms with Crippen LogP contribution in [-0.4, -0.2) is 25.7 Å². The first-order valence-electron chi connectivity index (χ1n) is 6.83. The molecule has 15 heavy (non-hydrogen) atoms. The lowest BCUT2D eigenvalue weighted by atomic mass is 10.0. The van der Waals surface area contributed by atoms with E-state index in [1.165, 1.54) is 64.6 Å². The molecule has 0 radical (unpaired) electrons. The van der Waals surface area contributed by atoms with Gasteiger partial charge < -0.3 is 10.6 Å². The highest BCUT2D eigenvalue weighted by Crippen LogP contribution is 2.60. The van der Waals surface area contributed by atoms with Gasteiger partial charge in [0.05, 0.1) is 0 Å². The molecule has 3 fully saturated rings. The molecule has 0 aliphatic heterocycles. The molecule has 86 valence electrons. The second kappa shape index (κ2) is 4.06. The fourth-order valence-electron chi connectivity index (χ4n) is 2.73. The average molecular weight is 208 g/mol. The van der Waals surface area contributed by atoms with Crippen LogP contribution >= 0.6 is 0 Å². The number of nitrogens with one attached hydrogen (secondary N) is 2. The highest BCUT2D eigenvalue weighted by Gasteiger charge is 2.52. The van der Waals surface area contributed by atoms with Gasteiger partial charge in [-0.15, -0.1) is 0 Å². The molecule has 0 spiro atoms. The van der Waals surface area contributed by atoms with E-state index in [1.807, 2.05) is 0 Å². The van der Waals surface area contributed by atoms with E-state index in [4.69, 9.17) is 0 Å². The van der Waals surface area contributed by atoms with Gasteiger partial charge in [-0.3, -0.25) is 0 Å². The third-order valence-electron chi connectivity index (χ3n) is 4.35. The second-order valence-corrected chi connectivity index (χ2v) is 5.90. The van der Waals surface area contributed by atoms with Gasteiger partial charge in [-0.25, -0.2) is 0 Å². The van der Waals surface area contributed by atoms with Crippen molar-refractivity contribution < 1.29 is 0 Å². The maximum Gasteiger partial charge on any atom is 0.00682 e. The molecule has 3 aliphatic rings. The summed E-state index contributed by atoms with van der Waals surface area (Å²) < 4.78 is 0. The van der Waals surface area contributed by atoms with E-state index in [0.29, 0.717) is 0 Å². The van der Waals surface area contributed by atoms with E-state index in [2.05, 4.69) is 10.6 Å². The van der Waals surface area contributed by atoms with Gasteiger partial charge in [0.2, 0.25) is 0 Å². The zero-order valence-corrected chi connectivity index (χ0v) is 9.73. The average Bonchev–Trinajstić information content (AvgIpc) is 3.12. The van der Waals surface area contributed by atoms with Crippen molar-refractivity contribution in [2.24, 2.45) is 11.3 Å². The van der Waals surface area contributed by atoms with Crippen LogP contribution in [-0.2, 0) is 0 Å². The van der Waals surface area contributed by atoms with Crippen molar-refractivity contribution in [2.75, 3.05) is 19.6 Å². The van der Waals surface area contributed by atoms with Crippen molar-refractivity contribution in [3.8, 4) is 0 Å². The largest absolute Gasteiger partial charge is 0.316 e. The maximum atomic E-state index is 3.66. The summed E-state index contributed by atoms with van der Waals surface area (Å²) in [5.74, 6) is 1.11. The third kappa shape index (κ3) is 2.73. The number of rotatable bonds is 8. The first-order valence-corrected chi connectivity index (χ1v) is 6.83. The molecule has 0 heterocycles. The minimum atomic E-state index is 0.782. The van der Waals surface area contributed by atoms with E-state index >= 15 is 0 Å². The van der Waals surface area contributed by atoms with Crippen molar-refractivity contribution in [3.05, 3.63) is 0 Å². The summed E-state index contributed by atoms with van der Waals surface area (Å²) in [4.78, 5) is 0. The summed E-state index contributed by atoms with van der Waals surface area (Å²) in [6.45, 7) is 3.74. The fraction of sp³-hybridized carbons (Fsp3) is 1.00. The molecular weight excluding hydrogens is 184 g/mol. The smallest absolute Gasteiger partial charge is 0.00682 e. The Morgan fingerprint density at radius 1 is 1.00 bits per heavy atom. The van der Waals surface area contributed by atoms with Gasteiger partial charge in [0, 0.05) is 12.6 Å². The van der Waals surface area contributed by atoms with Gasteiger partial charge in [0.1, 0.15) is 0 Å². The molecule has 0 bridgehead atoms. The molecule has 0 amide bonds. The van der Waals surface area contributed by atoms with Crippen LogP contribution in [0.3, 0.4) is 0 Å². The highest BCUT2D eigenvalue weighted by molar-refractivity contribution is 5.04. The second-order valence-electron chi connectivity index (χ2n) is 5.90. The summed E-state index contributed by atoms with van der Waals surface area (Å²) in [6, 6.07) is 0.881. The van der Waals surface area contributed by atoms with Crippen LogP contribution < -0.4 is 10.6 Å². The van der Waals surface area contributed by atoms with Crippen LogP contribution in [0.2, 0.25) is 0 Å². The first kappa shape index (κ1) is 10.1. The van der Waals surface area contributed by atoms with Crippen molar-refractivity contribution in [1.29, 1.82) is 0 Å². The predicted octanol–water partition coefficient (Wildman–Crippen LogP) is 1.91. The first-order chi connectivity index (χ1) is 7.39. The Morgan fingerprint density at radius 2 is 1.80 bits per heavy atom. The van der Waals surface area contributed by atoms with Crippen LogP contribution in [0.15, 0.2) is 0 Å².